The first-order valence-corrected chi connectivity index (χ1v) is 8.08. The lowest BCUT2D eigenvalue weighted by Crippen LogP contribution is -2.08. The summed E-state index contributed by atoms with van der Waals surface area (Å²) in [5.41, 5.74) is 0.705. The van der Waals surface area contributed by atoms with E-state index < -0.39 is 5.97 Å². The first-order valence-electron chi connectivity index (χ1n) is 7.70. The number of halogens is 1. The Morgan fingerprint density at radius 2 is 2.12 bits per heavy atom. The number of hydrogen-bond acceptors (Lipinski definition) is 6. The van der Waals surface area contributed by atoms with Gasteiger partial charge in [-0.2, -0.15) is 0 Å². The van der Waals surface area contributed by atoms with Crippen molar-refractivity contribution in [3.63, 3.8) is 0 Å². The fourth-order valence-electron chi connectivity index (χ4n) is 1.91. The molecule has 0 aliphatic rings. The number of carbonyl (C=O) groups is 1. The van der Waals surface area contributed by atoms with Crippen LogP contribution in [0.4, 0.5) is 0 Å². The standard InChI is InChI=1S/C17H20ClN3O4/c1-12(2)25-16(22)4-5-21-11-19-17(20-21)13-8-14(18)10-15(9-13)24-7-6-23-3/h4-5,8-12H,6-7H2,1-3H3. The summed E-state index contributed by atoms with van der Waals surface area (Å²) in [5, 5.41) is 4.79. The molecule has 0 atom stereocenters. The van der Waals surface area contributed by atoms with Crippen molar-refractivity contribution in [2.45, 2.75) is 20.0 Å². The van der Waals surface area contributed by atoms with Crippen LogP contribution >= 0.6 is 11.6 Å². The highest BCUT2D eigenvalue weighted by molar-refractivity contribution is 6.31. The van der Waals surface area contributed by atoms with Crippen molar-refractivity contribution in [2.24, 2.45) is 0 Å². The van der Waals surface area contributed by atoms with Gasteiger partial charge in [0.15, 0.2) is 5.82 Å². The molecule has 0 saturated carbocycles. The molecule has 0 aliphatic carbocycles. The summed E-state index contributed by atoms with van der Waals surface area (Å²) >= 11 is 6.12. The Kier molecular flexibility index (Phi) is 6.97. The zero-order valence-electron chi connectivity index (χ0n) is 14.3. The van der Waals surface area contributed by atoms with Crippen LogP contribution in [0, 0.1) is 0 Å². The van der Waals surface area contributed by atoms with E-state index in [-0.39, 0.29) is 6.10 Å². The highest BCUT2D eigenvalue weighted by Crippen LogP contribution is 2.26. The van der Waals surface area contributed by atoms with Crippen LogP contribution in [0.2, 0.25) is 5.02 Å². The summed E-state index contributed by atoms with van der Waals surface area (Å²) in [6.07, 6.45) is 4.07. The van der Waals surface area contributed by atoms with Gasteiger partial charge in [0, 0.05) is 30.0 Å². The predicted molar refractivity (Wildman–Crippen MR) is 94.4 cm³/mol. The minimum absolute atomic E-state index is 0.175. The molecule has 1 aromatic heterocycles. The van der Waals surface area contributed by atoms with Gasteiger partial charge < -0.3 is 14.2 Å². The Balaban J connectivity index is 2.10. The number of methoxy groups -OCH3 is 1. The normalized spacial score (nSPS) is 11.2. The van der Waals surface area contributed by atoms with E-state index in [1.54, 1.807) is 39.2 Å². The molecule has 0 bridgehead atoms. The van der Waals surface area contributed by atoms with Gasteiger partial charge in [-0.15, -0.1) is 5.10 Å². The monoisotopic (exact) mass is 365 g/mol. The number of carbonyl (C=O) groups excluding carboxylic acids is 1. The third kappa shape index (κ3) is 6.21. The average molecular weight is 366 g/mol. The van der Waals surface area contributed by atoms with E-state index in [4.69, 9.17) is 25.8 Å². The minimum atomic E-state index is -0.441. The van der Waals surface area contributed by atoms with Crippen LogP contribution in [0.3, 0.4) is 0 Å². The molecule has 134 valence electrons. The van der Waals surface area contributed by atoms with Gasteiger partial charge in [0.05, 0.1) is 12.7 Å². The molecule has 0 N–H and O–H groups in total. The van der Waals surface area contributed by atoms with E-state index in [0.717, 1.165) is 0 Å². The van der Waals surface area contributed by atoms with E-state index in [0.29, 0.717) is 35.4 Å². The third-order valence-electron chi connectivity index (χ3n) is 2.91. The average Bonchev–Trinajstić information content (AvgIpc) is 3.01. The summed E-state index contributed by atoms with van der Waals surface area (Å²) in [6, 6.07) is 5.23. The Morgan fingerprint density at radius 1 is 1.32 bits per heavy atom. The second-order valence-electron chi connectivity index (χ2n) is 5.37. The van der Waals surface area contributed by atoms with Crippen molar-refractivity contribution in [2.75, 3.05) is 20.3 Å². The smallest absolute Gasteiger partial charge is 0.332 e. The van der Waals surface area contributed by atoms with Crippen LogP contribution < -0.4 is 4.74 Å². The molecule has 0 aliphatic heterocycles. The Bertz CT molecular complexity index is 743. The van der Waals surface area contributed by atoms with Gasteiger partial charge in [-0.05, 0) is 32.0 Å². The molecule has 1 aromatic carbocycles. The molecular weight excluding hydrogens is 346 g/mol. The van der Waals surface area contributed by atoms with Crippen LogP contribution in [0.1, 0.15) is 13.8 Å². The number of aromatic nitrogens is 3. The molecule has 7 nitrogen and oxygen atoms in total. The summed E-state index contributed by atoms with van der Waals surface area (Å²) in [5.74, 6) is 0.622. The maximum absolute atomic E-state index is 11.5. The summed E-state index contributed by atoms with van der Waals surface area (Å²) in [7, 11) is 1.60. The summed E-state index contributed by atoms with van der Waals surface area (Å²) < 4.78 is 16.9. The Hall–Kier alpha value is -2.38. The molecule has 0 amide bonds. The van der Waals surface area contributed by atoms with Crippen molar-refractivity contribution in [3.05, 3.63) is 35.6 Å². The van der Waals surface area contributed by atoms with Crippen molar-refractivity contribution in [1.82, 2.24) is 14.8 Å². The maximum atomic E-state index is 11.5. The molecule has 0 saturated heterocycles. The number of nitrogens with zero attached hydrogens (tertiary/aromatic N) is 3. The fourth-order valence-corrected chi connectivity index (χ4v) is 2.13. The predicted octanol–water partition coefficient (Wildman–Crippen LogP) is 3.05. The number of hydrogen-bond donors (Lipinski definition) is 0. The molecule has 0 radical (unpaired) electrons. The lowest BCUT2D eigenvalue weighted by Gasteiger charge is -2.07. The number of ether oxygens (including phenoxy) is 3. The van der Waals surface area contributed by atoms with Gasteiger partial charge in [0.2, 0.25) is 0 Å². The zero-order chi connectivity index (χ0) is 18.2. The summed E-state index contributed by atoms with van der Waals surface area (Å²) in [4.78, 5) is 15.7. The van der Waals surface area contributed by atoms with Gasteiger partial charge >= 0.3 is 5.97 Å². The molecule has 8 heteroatoms. The van der Waals surface area contributed by atoms with Gasteiger partial charge in [0.25, 0.3) is 0 Å². The number of benzene rings is 1. The molecule has 2 rings (SSSR count). The second kappa shape index (κ2) is 9.19. The zero-order valence-corrected chi connectivity index (χ0v) is 15.1. The number of rotatable bonds is 8. The Labute approximate surface area is 151 Å². The first kappa shape index (κ1) is 19.0. The topological polar surface area (TPSA) is 75.5 Å². The SMILES string of the molecule is COCCOc1cc(Cl)cc(-c2ncn(C=CC(=O)OC(C)C)n2)c1. The molecular formula is C17H20ClN3O4. The van der Waals surface area contributed by atoms with Gasteiger partial charge in [-0.3, -0.25) is 0 Å². The van der Waals surface area contributed by atoms with Crippen molar-refractivity contribution in [1.29, 1.82) is 0 Å². The second-order valence-corrected chi connectivity index (χ2v) is 5.80. The minimum Gasteiger partial charge on any atom is -0.491 e. The molecule has 0 fully saturated rings. The van der Waals surface area contributed by atoms with Crippen LogP contribution in [0.15, 0.2) is 30.6 Å². The van der Waals surface area contributed by atoms with Crippen LogP contribution in [0.5, 0.6) is 5.75 Å². The van der Waals surface area contributed by atoms with E-state index >= 15 is 0 Å². The van der Waals surface area contributed by atoms with E-state index in [2.05, 4.69) is 10.1 Å². The largest absolute Gasteiger partial charge is 0.491 e. The Morgan fingerprint density at radius 3 is 2.84 bits per heavy atom. The first-order chi connectivity index (χ1) is 12.0. The lowest BCUT2D eigenvalue weighted by atomic mass is 10.2. The molecule has 0 unspecified atom stereocenters. The highest BCUT2D eigenvalue weighted by atomic mass is 35.5. The molecule has 25 heavy (non-hydrogen) atoms. The summed E-state index contributed by atoms with van der Waals surface area (Å²) in [6.45, 7) is 4.46. The van der Waals surface area contributed by atoms with Gasteiger partial charge in [-0.1, -0.05) is 11.6 Å². The third-order valence-corrected chi connectivity index (χ3v) is 3.13. The van der Waals surface area contributed by atoms with E-state index in [9.17, 15) is 4.79 Å². The fraction of sp³-hybridized carbons (Fsp3) is 0.353. The van der Waals surface area contributed by atoms with Crippen LogP contribution in [-0.2, 0) is 14.3 Å². The molecule has 2 aromatic rings. The van der Waals surface area contributed by atoms with Crippen molar-refractivity contribution < 1.29 is 19.0 Å². The molecule has 1 heterocycles. The van der Waals surface area contributed by atoms with E-state index in [1.165, 1.54) is 23.3 Å². The molecule has 0 spiro atoms. The van der Waals surface area contributed by atoms with E-state index in [1.807, 2.05) is 0 Å². The quantitative estimate of drug-likeness (QED) is 0.406. The maximum Gasteiger partial charge on any atom is 0.332 e. The van der Waals surface area contributed by atoms with Gasteiger partial charge in [-0.25, -0.2) is 14.5 Å². The van der Waals surface area contributed by atoms with Crippen molar-refractivity contribution in [3.8, 4) is 17.1 Å². The van der Waals surface area contributed by atoms with Crippen LogP contribution in [0.25, 0.3) is 17.6 Å². The lowest BCUT2D eigenvalue weighted by molar-refractivity contribution is -0.141. The van der Waals surface area contributed by atoms with Gasteiger partial charge in [0.1, 0.15) is 18.7 Å². The highest BCUT2D eigenvalue weighted by Gasteiger charge is 2.08. The number of esters is 1. The van der Waals surface area contributed by atoms with Crippen molar-refractivity contribution >= 4 is 23.8 Å². The van der Waals surface area contributed by atoms with Crippen LogP contribution in [-0.4, -0.2) is 47.2 Å².